The van der Waals surface area contributed by atoms with Gasteiger partial charge in [-0.1, -0.05) is 11.6 Å². The van der Waals surface area contributed by atoms with E-state index in [4.69, 9.17) is 11.6 Å². The summed E-state index contributed by atoms with van der Waals surface area (Å²) in [4.78, 5) is 1.61. The average molecular weight is 344 g/mol. The predicted molar refractivity (Wildman–Crippen MR) is 90.3 cm³/mol. The van der Waals surface area contributed by atoms with Crippen molar-refractivity contribution in [3.8, 4) is 5.69 Å². The van der Waals surface area contributed by atoms with Crippen molar-refractivity contribution in [1.82, 2.24) is 35.1 Å². The lowest BCUT2D eigenvalue weighted by molar-refractivity contribution is 0.439. The van der Waals surface area contributed by atoms with Gasteiger partial charge in [0.2, 0.25) is 0 Å². The number of nitrogens with one attached hydrogen (secondary N) is 1. The van der Waals surface area contributed by atoms with Gasteiger partial charge in [0.25, 0.3) is 0 Å². The lowest BCUT2D eigenvalue weighted by Crippen LogP contribution is -2.28. The minimum Gasteiger partial charge on any atom is -0.317 e. The molecule has 1 N–H and O–H groups in total. The number of rotatable bonds is 4. The standard InChI is InChI=1S/C16H18ClN7/c17-13-1-3-14(4-2-13)24-15(11-23-19-9-10-20-23)21-22-16(24)12-5-7-18-8-6-12/h1-4,9-10,12,18H,5-8,11H2. The Morgan fingerprint density at radius 1 is 1.04 bits per heavy atom. The van der Waals surface area contributed by atoms with E-state index in [1.807, 2.05) is 24.3 Å². The van der Waals surface area contributed by atoms with E-state index in [-0.39, 0.29) is 0 Å². The zero-order valence-corrected chi connectivity index (χ0v) is 13.9. The Bertz CT molecular complexity index is 788. The third-order valence-corrected chi connectivity index (χ3v) is 4.55. The Hall–Kier alpha value is -2.25. The number of aromatic nitrogens is 6. The third kappa shape index (κ3) is 3.05. The van der Waals surface area contributed by atoms with Gasteiger partial charge in [0.05, 0.1) is 12.4 Å². The molecule has 2 aromatic heterocycles. The molecule has 1 aliphatic heterocycles. The highest BCUT2D eigenvalue weighted by Crippen LogP contribution is 2.27. The van der Waals surface area contributed by atoms with E-state index < -0.39 is 0 Å². The van der Waals surface area contributed by atoms with E-state index in [0.717, 1.165) is 43.3 Å². The first kappa shape index (κ1) is 15.3. The Morgan fingerprint density at radius 3 is 2.46 bits per heavy atom. The highest BCUT2D eigenvalue weighted by atomic mass is 35.5. The number of nitrogens with zero attached hydrogens (tertiary/aromatic N) is 6. The van der Waals surface area contributed by atoms with Crippen molar-refractivity contribution in [3.63, 3.8) is 0 Å². The molecule has 0 bridgehead atoms. The maximum atomic E-state index is 6.04. The van der Waals surface area contributed by atoms with E-state index in [2.05, 4.69) is 30.3 Å². The maximum absolute atomic E-state index is 6.04. The molecule has 7 nitrogen and oxygen atoms in total. The molecule has 4 rings (SSSR count). The summed E-state index contributed by atoms with van der Waals surface area (Å²) in [6.07, 6.45) is 5.45. The molecule has 0 saturated carbocycles. The molecule has 0 unspecified atom stereocenters. The molecule has 1 aromatic carbocycles. The zero-order chi connectivity index (χ0) is 16.4. The Kier molecular flexibility index (Phi) is 4.27. The zero-order valence-electron chi connectivity index (χ0n) is 13.1. The molecule has 1 fully saturated rings. The van der Waals surface area contributed by atoms with Gasteiger partial charge < -0.3 is 5.32 Å². The number of benzene rings is 1. The van der Waals surface area contributed by atoms with Gasteiger partial charge in [0.15, 0.2) is 5.82 Å². The molecule has 8 heteroatoms. The van der Waals surface area contributed by atoms with Crippen molar-refractivity contribution in [2.45, 2.75) is 25.3 Å². The monoisotopic (exact) mass is 343 g/mol. The van der Waals surface area contributed by atoms with E-state index in [9.17, 15) is 0 Å². The summed E-state index contributed by atoms with van der Waals surface area (Å²) in [5.74, 6) is 2.22. The van der Waals surface area contributed by atoms with Crippen LogP contribution in [0.3, 0.4) is 0 Å². The molecule has 3 heterocycles. The van der Waals surface area contributed by atoms with Crippen LogP contribution in [-0.2, 0) is 6.54 Å². The number of hydrogen-bond acceptors (Lipinski definition) is 5. The van der Waals surface area contributed by atoms with Gasteiger partial charge >= 0.3 is 0 Å². The van der Waals surface area contributed by atoms with Crippen LogP contribution in [0, 0.1) is 0 Å². The van der Waals surface area contributed by atoms with Crippen molar-refractivity contribution in [3.05, 3.63) is 53.3 Å². The molecule has 0 aliphatic carbocycles. The molecule has 3 aromatic rings. The van der Waals surface area contributed by atoms with E-state index in [1.54, 1.807) is 17.2 Å². The molecule has 1 aliphatic rings. The van der Waals surface area contributed by atoms with Crippen molar-refractivity contribution in [1.29, 1.82) is 0 Å². The van der Waals surface area contributed by atoms with E-state index in [0.29, 0.717) is 17.5 Å². The van der Waals surface area contributed by atoms with Crippen LogP contribution >= 0.6 is 11.6 Å². The highest BCUT2D eigenvalue weighted by Gasteiger charge is 2.24. The first-order valence-corrected chi connectivity index (χ1v) is 8.44. The first-order chi connectivity index (χ1) is 11.8. The van der Waals surface area contributed by atoms with Gasteiger partial charge in [-0.15, -0.1) is 10.2 Å². The summed E-state index contributed by atoms with van der Waals surface area (Å²) < 4.78 is 2.12. The Morgan fingerprint density at radius 2 is 1.75 bits per heavy atom. The van der Waals surface area contributed by atoms with Crippen LogP contribution in [0.25, 0.3) is 5.69 Å². The smallest absolute Gasteiger partial charge is 0.161 e. The average Bonchev–Trinajstić information content (AvgIpc) is 3.27. The van der Waals surface area contributed by atoms with Crippen LogP contribution in [0.4, 0.5) is 0 Å². The predicted octanol–water partition coefficient (Wildman–Crippen LogP) is 2.03. The summed E-state index contributed by atoms with van der Waals surface area (Å²) in [6.45, 7) is 2.50. The van der Waals surface area contributed by atoms with Crippen molar-refractivity contribution in [2.75, 3.05) is 13.1 Å². The lowest BCUT2D eigenvalue weighted by atomic mass is 9.97. The second-order valence-electron chi connectivity index (χ2n) is 5.87. The molecular weight excluding hydrogens is 326 g/mol. The quantitative estimate of drug-likeness (QED) is 0.784. The van der Waals surface area contributed by atoms with Crippen LogP contribution in [0.15, 0.2) is 36.7 Å². The normalized spacial score (nSPS) is 15.7. The van der Waals surface area contributed by atoms with Gasteiger partial charge in [0.1, 0.15) is 12.4 Å². The van der Waals surface area contributed by atoms with Crippen LogP contribution < -0.4 is 5.32 Å². The van der Waals surface area contributed by atoms with Crippen molar-refractivity contribution >= 4 is 11.6 Å². The molecule has 0 atom stereocenters. The molecule has 24 heavy (non-hydrogen) atoms. The highest BCUT2D eigenvalue weighted by molar-refractivity contribution is 6.30. The van der Waals surface area contributed by atoms with Gasteiger partial charge in [-0.2, -0.15) is 15.0 Å². The first-order valence-electron chi connectivity index (χ1n) is 8.06. The van der Waals surface area contributed by atoms with Crippen LogP contribution in [0.1, 0.15) is 30.4 Å². The molecular formula is C16H18ClN7. The topological polar surface area (TPSA) is 73.5 Å². The van der Waals surface area contributed by atoms with E-state index >= 15 is 0 Å². The van der Waals surface area contributed by atoms with Crippen molar-refractivity contribution in [2.24, 2.45) is 0 Å². The van der Waals surface area contributed by atoms with Gasteiger partial charge in [-0.3, -0.25) is 4.57 Å². The largest absolute Gasteiger partial charge is 0.317 e. The summed E-state index contributed by atoms with van der Waals surface area (Å²) in [5, 5.41) is 21.4. The van der Waals surface area contributed by atoms with Crippen molar-refractivity contribution < 1.29 is 0 Å². The lowest BCUT2D eigenvalue weighted by Gasteiger charge is -2.23. The second kappa shape index (κ2) is 6.70. The van der Waals surface area contributed by atoms with Gasteiger partial charge in [0, 0.05) is 16.6 Å². The summed E-state index contributed by atoms with van der Waals surface area (Å²) in [7, 11) is 0. The third-order valence-electron chi connectivity index (χ3n) is 4.29. The summed E-state index contributed by atoms with van der Waals surface area (Å²) in [6, 6.07) is 7.77. The molecule has 1 saturated heterocycles. The van der Waals surface area contributed by atoms with E-state index in [1.165, 1.54) is 0 Å². The Labute approximate surface area is 144 Å². The fourth-order valence-corrected chi connectivity index (χ4v) is 3.23. The summed E-state index contributed by atoms with van der Waals surface area (Å²) in [5.41, 5.74) is 1.01. The molecule has 124 valence electrons. The number of piperidine rings is 1. The molecule has 0 radical (unpaired) electrons. The van der Waals surface area contributed by atoms with Gasteiger partial charge in [-0.05, 0) is 50.2 Å². The SMILES string of the molecule is Clc1ccc(-n2c(Cn3nccn3)nnc2C2CCNCC2)cc1. The minimum absolute atomic E-state index is 0.397. The maximum Gasteiger partial charge on any atom is 0.161 e. The van der Waals surface area contributed by atoms with Crippen LogP contribution in [-0.4, -0.2) is 42.8 Å². The van der Waals surface area contributed by atoms with Crippen LogP contribution in [0.2, 0.25) is 5.02 Å². The second-order valence-corrected chi connectivity index (χ2v) is 6.31. The fourth-order valence-electron chi connectivity index (χ4n) is 3.10. The number of halogens is 1. The minimum atomic E-state index is 0.397. The van der Waals surface area contributed by atoms with Gasteiger partial charge in [-0.25, -0.2) is 0 Å². The molecule has 0 amide bonds. The summed E-state index contributed by atoms with van der Waals surface area (Å²) >= 11 is 6.04. The fraction of sp³-hybridized carbons (Fsp3) is 0.375. The van der Waals surface area contributed by atoms with Crippen LogP contribution in [0.5, 0.6) is 0 Å². The number of hydrogen-bond donors (Lipinski definition) is 1. The molecule has 0 spiro atoms. The Balaban J connectivity index is 1.76.